The predicted octanol–water partition coefficient (Wildman–Crippen LogP) is 1.60. The fourth-order valence-corrected chi connectivity index (χ4v) is 1.69. The van der Waals surface area contributed by atoms with E-state index >= 15 is 0 Å². The largest absolute Gasteiger partial charge is 0.454 e. The van der Waals surface area contributed by atoms with Gasteiger partial charge in [-0.2, -0.15) is 0 Å². The second-order valence-corrected chi connectivity index (χ2v) is 4.27. The molecule has 18 heavy (non-hydrogen) atoms. The number of fused-ring (bicyclic) bond motifs is 1. The zero-order valence-electron chi connectivity index (χ0n) is 10.7. The van der Waals surface area contributed by atoms with Gasteiger partial charge >= 0.3 is 0 Å². The number of hydrogen-bond acceptors (Lipinski definition) is 4. The summed E-state index contributed by atoms with van der Waals surface area (Å²) in [6.45, 7) is 5.69. The minimum Gasteiger partial charge on any atom is -0.454 e. The average Bonchev–Trinajstić information content (AvgIpc) is 2.83. The van der Waals surface area contributed by atoms with Crippen molar-refractivity contribution in [3.63, 3.8) is 0 Å². The minimum atomic E-state index is -0.0737. The van der Waals surface area contributed by atoms with Crippen LogP contribution in [0.1, 0.15) is 13.8 Å². The molecule has 0 aromatic heterocycles. The number of ether oxygens (including phenoxy) is 2. The van der Waals surface area contributed by atoms with Crippen molar-refractivity contribution < 1.29 is 14.3 Å². The Morgan fingerprint density at radius 2 is 2.17 bits per heavy atom. The van der Waals surface area contributed by atoms with Crippen LogP contribution < -0.4 is 20.1 Å². The third-order valence-corrected chi connectivity index (χ3v) is 2.79. The number of rotatable bonds is 5. The molecule has 0 fully saturated rings. The first kappa shape index (κ1) is 12.7. The standard InChI is InChI=1S/C13H18N2O3/c1-3-14-7-9(2)13(16)15-10-4-5-11-12(6-10)18-8-17-11/h4-6,9,14H,3,7-8H2,1-2H3,(H,15,16). The fraction of sp³-hybridized carbons (Fsp3) is 0.462. The summed E-state index contributed by atoms with van der Waals surface area (Å²) in [6.07, 6.45) is 0. The van der Waals surface area contributed by atoms with Crippen molar-refractivity contribution in [3.8, 4) is 11.5 Å². The minimum absolute atomic E-state index is 0.00480. The molecule has 0 bridgehead atoms. The Hall–Kier alpha value is -1.75. The summed E-state index contributed by atoms with van der Waals surface area (Å²) in [6, 6.07) is 5.39. The van der Waals surface area contributed by atoms with Gasteiger partial charge in [0.1, 0.15) is 0 Å². The topological polar surface area (TPSA) is 59.6 Å². The number of amides is 1. The molecule has 1 amide bonds. The summed E-state index contributed by atoms with van der Waals surface area (Å²) in [5.41, 5.74) is 0.729. The zero-order chi connectivity index (χ0) is 13.0. The van der Waals surface area contributed by atoms with Gasteiger partial charge in [0.2, 0.25) is 12.7 Å². The summed E-state index contributed by atoms with van der Waals surface area (Å²) in [7, 11) is 0. The molecular weight excluding hydrogens is 232 g/mol. The molecule has 1 aliphatic rings. The number of nitrogens with one attached hydrogen (secondary N) is 2. The molecule has 1 unspecified atom stereocenters. The lowest BCUT2D eigenvalue weighted by Gasteiger charge is -2.12. The normalized spacial score (nSPS) is 14.3. The maximum Gasteiger partial charge on any atom is 0.231 e. The highest BCUT2D eigenvalue weighted by Crippen LogP contribution is 2.34. The molecule has 1 atom stereocenters. The van der Waals surface area contributed by atoms with Gasteiger partial charge in [0.25, 0.3) is 0 Å². The molecule has 5 heteroatoms. The van der Waals surface area contributed by atoms with Gasteiger partial charge in [-0.25, -0.2) is 0 Å². The molecule has 1 aromatic carbocycles. The van der Waals surface area contributed by atoms with E-state index in [1.807, 2.05) is 19.9 Å². The smallest absolute Gasteiger partial charge is 0.231 e. The molecule has 0 saturated heterocycles. The fourth-order valence-electron chi connectivity index (χ4n) is 1.69. The van der Waals surface area contributed by atoms with Crippen LogP contribution in [0.15, 0.2) is 18.2 Å². The third-order valence-electron chi connectivity index (χ3n) is 2.79. The van der Waals surface area contributed by atoms with E-state index in [1.54, 1.807) is 12.1 Å². The Bertz CT molecular complexity index is 434. The molecular formula is C13H18N2O3. The lowest BCUT2D eigenvalue weighted by molar-refractivity contribution is -0.119. The van der Waals surface area contributed by atoms with Crippen molar-refractivity contribution in [3.05, 3.63) is 18.2 Å². The molecule has 98 valence electrons. The van der Waals surface area contributed by atoms with Gasteiger partial charge in [0.05, 0.1) is 0 Å². The van der Waals surface area contributed by atoms with Gasteiger partial charge in [-0.05, 0) is 18.7 Å². The summed E-state index contributed by atoms with van der Waals surface area (Å²) < 4.78 is 10.5. The molecule has 0 radical (unpaired) electrons. The van der Waals surface area contributed by atoms with Crippen LogP contribution >= 0.6 is 0 Å². The summed E-state index contributed by atoms with van der Waals surface area (Å²) >= 11 is 0. The summed E-state index contributed by atoms with van der Waals surface area (Å²) in [5, 5.41) is 6.02. The number of carbonyl (C=O) groups excluding carboxylic acids is 1. The van der Waals surface area contributed by atoms with Crippen LogP contribution in [0.25, 0.3) is 0 Å². The van der Waals surface area contributed by atoms with Gasteiger partial charge in [0.15, 0.2) is 11.5 Å². The Labute approximate surface area is 106 Å². The lowest BCUT2D eigenvalue weighted by Crippen LogP contribution is -2.30. The molecule has 1 heterocycles. The first-order chi connectivity index (χ1) is 8.70. The van der Waals surface area contributed by atoms with Gasteiger partial charge in [-0.3, -0.25) is 4.79 Å². The SMILES string of the molecule is CCNCC(C)C(=O)Nc1ccc2c(c1)OCO2. The van der Waals surface area contributed by atoms with E-state index in [1.165, 1.54) is 0 Å². The molecule has 1 aromatic rings. The number of benzene rings is 1. The van der Waals surface area contributed by atoms with E-state index in [4.69, 9.17) is 9.47 Å². The Morgan fingerprint density at radius 3 is 2.94 bits per heavy atom. The molecule has 2 N–H and O–H groups in total. The van der Waals surface area contributed by atoms with E-state index in [-0.39, 0.29) is 18.6 Å². The van der Waals surface area contributed by atoms with Crippen LogP contribution in [0.3, 0.4) is 0 Å². The van der Waals surface area contributed by atoms with Crippen LogP contribution in [0, 0.1) is 5.92 Å². The summed E-state index contributed by atoms with van der Waals surface area (Å²) in [5.74, 6) is 1.31. The van der Waals surface area contributed by atoms with Crippen molar-refractivity contribution >= 4 is 11.6 Å². The van der Waals surface area contributed by atoms with Crippen LogP contribution in [0.2, 0.25) is 0 Å². The van der Waals surface area contributed by atoms with Gasteiger partial charge in [0, 0.05) is 24.2 Å². The van der Waals surface area contributed by atoms with E-state index < -0.39 is 0 Å². The maximum atomic E-state index is 11.9. The third kappa shape index (κ3) is 2.92. The van der Waals surface area contributed by atoms with Crippen molar-refractivity contribution in [1.29, 1.82) is 0 Å². The van der Waals surface area contributed by atoms with Crippen LogP contribution in [0.5, 0.6) is 11.5 Å². The van der Waals surface area contributed by atoms with Gasteiger partial charge in [-0.1, -0.05) is 13.8 Å². The van der Waals surface area contributed by atoms with Crippen LogP contribution in [-0.2, 0) is 4.79 Å². The first-order valence-corrected chi connectivity index (χ1v) is 6.12. The van der Waals surface area contributed by atoms with Crippen LogP contribution in [-0.4, -0.2) is 25.8 Å². The molecule has 1 aliphatic heterocycles. The molecule has 0 spiro atoms. The highest BCUT2D eigenvalue weighted by atomic mass is 16.7. The quantitative estimate of drug-likeness (QED) is 0.833. The van der Waals surface area contributed by atoms with Crippen molar-refractivity contribution in [1.82, 2.24) is 5.32 Å². The molecule has 0 aliphatic carbocycles. The Balaban J connectivity index is 1.94. The predicted molar refractivity (Wildman–Crippen MR) is 68.9 cm³/mol. The summed E-state index contributed by atoms with van der Waals surface area (Å²) in [4.78, 5) is 11.9. The Morgan fingerprint density at radius 1 is 1.39 bits per heavy atom. The number of anilines is 1. The number of carbonyl (C=O) groups is 1. The zero-order valence-corrected chi connectivity index (χ0v) is 10.7. The average molecular weight is 250 g/mol. The Kier molecular flexibility index (Phi) is 4.04. The van der Waals surface area contributed by atoms with Crippen molar-refractivity contribution in [2.24, 2.45) is 5.92 Å². The van der Waals surface area contributed by atoms with Crippen LogP contribution in [0.4, 0.5) is 5.69 Å². The second-order valence-electron chi connectivity index (χ2n) is 4.27. The highest BCUT2D eigenvalue weighted by molar-refractivity contribution is 5.92. The highest BCUT2D eigenvalue weighted by Gasteiger charge is 2.16. The van der Waals surface area contributed by atoms with E-state index in [0.29, 0.717) is 18.0 Å². The maximum absolute atomic E-state index is 11.9. The number of hydrogen-bond donors (Lipinski definition) is 2. The lowest BCUT2D eigenvalue weighted by atomic mass is 10.1. The van der Waals surface area contributed by atoms with Gasteiger partial charge in [-0.15, -0.1) is 0 Å². The molecule has 0 saturated carbocycles. The van der Waals surface area contributed by atoms with E-state index in [9.17, 15) is 4.79 Å². The van der Waals surface area contributed by atoms with E-state index in [0.717, 1.165) is 12.2 Å². The first-order valence-electron chi connectivity index (χ1n) is 6.12. The monoisotopic (exact) mass is 250 g/mol. The van der Waals surface area contributed by atoms with Crippen molar-refractivity contribution in [2.75, 3.05) is 25.2 Å². The molecule has 2 rings (SSSR count). The second kappa shape index (κ2) is 5.73. The van der Waals surface area contributed by atoms with Crippen molar-refractivity contribution in [2.45, 2.75) is 13.8 Å². The van der Waals surface area contributed by atoms with Gasteiger partial charge < -0.3 is 20.1 Å². The molecule has 5 nitrogen and oxygen atoms in total. The van der Waals surface area contributed by atoms with E-state index in [2.05, 4.69) is 10.6 Å².